The van der Waals surface area contributed by atoms with E-state index in [-0.39, 0.29) is 5.91 Å². The van der Waals surface area contributed by atoms with Gasteiger partial charge in [-0.2, -0.15) is 0 Å². The molecule has 4 nitrogen and oxygen atoms in total. The molecule has 1 aromatic heterocycles. The average molecular weight is 312 g/mol. The molecular weight excluding hydrogens is 286 g/mol. The van der Waals surface area contributed by atoms with Gasteiger partial charge in [-0.3, -0.25) is 4.79 Å². The number of nitrogens with one attached hydrogen (secondary N) is 1. The van der Waals surface area contributed by atoms with E-state index in [0.717, 1.165) is 57.6 Å². The number of hydrogen-bond donors (Lipinski definition) is 1. The molecular formula is C16H26ClN3O. The Morgan fingerprint density at radius 1 is 1.38 bits per heavy atom. The van der Waals surface area contributed by atoms with Crippen molar-refractivity contribution in [1.82, 2.24) is 14.8 Å². The monoisotopic (exact) mass is 311 g/mol. The van der Waals surface area contributed by atoms with Crippen molar-refractivity contribution in [2.45, 2.75) is 52.1 Å². The second-order valence-corrected chi connectivity index (χ2v) is 6.15. The lowest BCUT2D eigenvalue weighted by molar-refractivity contribution is 0.0631. The Morgan fingerprint density at radius 2 is 2.10 bits per heavy atom. The first-order valence-electron chi connectivity index (χ1n) is 8.04. The molecule has 21 heavy (non-hydrogen) atoms. The summed E-state index contributed by atoms with van der Waals surface area (Å²) >= 11 is 6.11. The van der Waals surface area contributed by atoms with E-state index in [0.29, 0.717) is 11.1 Å². The van der Waals surface area contributed by atoms with Crippen LogP contribution in [0, 0.1) is 0 Å². The second kappa shape index (κ2) is 7.85. The molecule has 0 atom stereocenters. The van der Waals surface area contributed by atoms with Gasteiger partial charge in [0.2, 0.25) is 0 Å². The average Bonchev–Trinajstić information content (AvgIpc) is 2.86. The molecule has 0 aromatic carbocycles. The fourth-order valence-corrected chi connectivity index (χ4v) is 3.26. The Hall–Kier alpha value is -1.00. The van der Waals surface area contributed by atoms with E-state index in [2.05, 4.69) is 24.1 Å². The summed E-state index contributed by atoms with van der Waals surface area (Å²) in [5, 5.41) is 4.01. The van der Waals surface area contributed by atoms with Gasteiger partial charge < -0.3 is 14.8 Å². The summed E-state index contributed by atoms with van der Waals surface area (Å²) in [6, 6.07) is 2.16. The minimum absolute atomic E-state index is 0.129. The molecule has 1 aliphatic rings. The van der Waals surface area contributed by atoms with Crippen molar-refractivity contribution in [1.29, 1.82) is 0 Å². The quantitative estimate of drug-likeness (QED) is 0.876. The number of rotatable bonds is 6. The molecule has 118 valence electrons. The number of carbonyl (C=O) groups excluding carboxylic acids is 1. The number of amides is 1. The van der Waals surface area contributed by atoms with E-state index < -0.39 is 0 Å². The smallest absolute Gasteiger partial charge is 0.270 e. The normalized spacial score (nSPS) is 16.1. The Bertz CT molecular complexity index is 466. The van der Waals surface area contributed by atoms with Crippen molar-refractivity contribution in [3.8, 4) is 0 Å². The van der Waals surface area contributed by atoms with Crippen LogP contribution < -0.4 is 5.32 Å². The lowest BCUT2D eigenvalue weighted by Crippen LogP contribution is -2.47. The third-order valence-electron chi connectivity index (χ3n) is 4.02. The molecule has 2 heterocycles. The van der Waals surface area contributed by atoms with Crippen LogP contribution in [0.25, 0.3) is 0 Å². The largest absolute Gasteiger partial charge is 0.342 e. The molecule has 0 radical (unpaired) electrons. The van der Waals surface area contributed by atoms with Gasteiger partial charge in [0.15, 0.2) is 0 Å². The van der Waals surface area contributed by atoms with Crippen LogP contribution in [0.5, 0.6) is 0 Å². The SMILES string of the molecule is CCCN(C(=O)c1cc(Cl)cn1CCC)C1CCNCC1. The Kier molecular flexibility index (Phi) is 6.12. The van der Waals surface area contributed by atoms with E-state index in [1.165, 1.54) is 0 Å². The second-order valence-electron chi connectivity index (χ2n) is 5.72. The van der Waals surface area contributed by atoms with E-state index in [1.807, 2.05) is 16.8 Å². The number of aromatic nitrogens is 1. The number of nitrogens with zero attached hydrogens (tertiary/aromatic N) is 2. The van der Waals surface area contributed by atoms with Gasteiger partial charge >= 0.3 is 0 Å². The third-order valence-corrected chi connectivity index (χ3v) is 4.23. The summed E-state index contributed by atoms with van der Waals surface area (Å²) in [4.78, 5) is 15.0. The fraction of sp³-hybridized carbons (Fsp3) is 0.688. The number of aryl methyl sites for hydroxylation is 1. The highest BCUT2D eigenvalue weighted by Crippen LogP contribution is 2.20. The van der Waals surface area contributed by atoms with Gasteiger partial charge in [0, 0.05) is 25.3 Å². The molecule has 1 aliphatic heterocycles. The van der Waals surface area contributed by atoms with Gasteiger partial charge in [0.05, 0.1) is 5.02 Å². The van der Waals surface area contributed by atoms with Crippen LogP contribution in [0.3, 0.4) is 0 Å². The van der Waals surface area contributed by atoms with E-state index in [4.69, 9.17) is 11.6 Å². The topological polar surface area (TPSA) is 37.3 Å². The van der Waals surface area contributed by atoms with Crippen LogP contribution in [0.2, 0.25) is 5.02 Å². The van der Waals surface area contributed by atoms with Crippen LogP contribution in [-0.2, 0) is 6.54 Å². The molecule has 1 amide bonds. The summed E-state index contributed by atoms with van der Waals surface area (Å²) in [5.74, 6) is 0.129. The minimum atomic E-state index is 0.129. The fourth-order valence-electron chi connectivity index (χ4n) is 3.04. The van der Waals surface area contributed by atoms with Crippen molar-refractivity contribution in [3.63, 3.8) is 0 Å². The van der Waals surface area contributed by atoms with Gasteiger partial charge in [-0.05, 0) is 44.8 Å². The van der Waals surface area contributed by atoms with Crippen molar-refractivity contribution in [2.24, 2.45) is 0 Å². The van der Waals surface area contributed by atoms with Crippen LogP contribution >= 0.6 is 11.6 Å². The van der Waals surface area contributed by atoms with E-state index >= 15 is 0 Å². The predicted octanol–water partition coefficient (Wildman–Crippen LogP) is 3.16. The molecule has 1 N–H and O–H groups in total. The number of carbonyl (C=O) groups is 1. The summed E-state index contributed by atoms with van der Waals surface area (Å²) < 4.78 is 1.99. The van der Waals surface area contributed by atoms with Crippen LogP contribution in [-0.4, -0.2) is 41.1 Å². The summed E-state index contributed by atoms with van der Waals surface area (Å²) in [7, 11) is 0. The first-order chi connectivity index (χ1) is 10.2. The maximum absolute atomic E-state index is 13.0. The van der Waals surface area contributed by atoms with Gasteiger partial charge in [-0.1, -0.05) is 25.4 Å². The van der Waals surface area contributed by atoms with E-state index in [1.54, 1.807) is 0 Å². The van der Waals surface area contributed by atoms with Crippen LogP contribution in [0.15, 0.2) is 12.3 Å². The minimum Gasteiger partial charge on any atom is -0.342 e. The van der Waals surface area contributed by atoms with E-state index in [9.17, 15) is 4.79 Å². The lowest BCUT2D eigenvalue weighted by atomic mass is 10.0. The Balaban J connectivity index is 2.20. The molecule has 5 heteroatoms. The number of halogens is 1. The molecule has 2 rings (SSSR count). The first kappa shape index (κ1) is 16.4. The zero-order valence-corrected chi connectivity index (χ0v) is 13.8. The highest BCUT2D eigenvalue weighted by atomic mass is 35.5. The first-order valence-corrected chi connectivity index (χ1v) is 8.42. The zero-order chi connectivity index (χ0) is 15.2. The molecule has 0 bridgehead atoms. The number of hydrogen-bond acceptors (Lipinski definition) is 2. The van der Waals surface area contributed by atoms with Gasteiger partial charge in [0.1, 0.15) is 5.69 Å². The maximum Gasteiger partial charge on any atom is 0.270 e. The third kappa shape index (κ3) is 4.01. The van der Waals surface area contributed by atoms with Gasteiger partial charge in [-0.15, -0.1) is 0 Å². The molecule has 0 unspecified atom stereocenters. The van der Waals surface area contributed by atoms with Crippen LogP contribution in [0.4, 0.5) is 0 Å². The Morgan fingerprint density at radius 3 is 2.71 bits per heavy atom. The Labute approximate surface area is 132 Å². The van der Waals surface area contributed by atoms with Gasteiger partial charge in [0.25, 0.3) is 5.91 Å². The van der Waals surface area contributed by atoms with Crippen LogP contribution in [0.1, 0.15) is 50.0 Å². The highest BCUT2D eigenvalue weighted by Gasteiger charge is 2.27. The molecule has 1 fully saturated rings. The molecule has 0 saturated carbocycles. The summed E-state index contributed by atoms with van der Waals surface area (Å²) in [5.41, 5.74) is 0.730. The lowest BCUT2D eigenvalue weighted by Gasteiger charge is -2.34. The molecule has 1 aromatic rings. The molecule has 1 saturated heterocycles. The highest BCUT2D eigenvalue weighted by molar-refractivity contribution is 6.31. The van der Waals surface area contributed by atoms with Crippen molar-refractivity contribution >= 4 is 17.5 Å². The molecule has 0 aliphatic carbocycles. The summed E-state index contributed by atoms with van der Waals surface area (Å²) in [6.07, 6.45) is 5.91. The number of piperidine rings is 1. The summed E-state index contributed by atoms with van der Waals surface area (Å²) in [6.45, 7) is 7.88. The maximum atomic E-state index is 13.0. The predicted molar refractivity (Wildman–Crippen MR) is 87.0 cm³/mol. The van der Waals surface area contributed by atoms with Crippen molar-refractivity contribution in [3.05, 3.63) is 23.0 Å². The van der Waals surface area contributed by atoms with Gasteiger partial charge in [-0.25, -0.2) is 0 Å². The van der Waals surface area contributed by atoms with Crippen molar-refractivity contribution in [2.75, 3.05) is 19.6 Å². The zero-order valence-electron chi connectivity index (χ0n) is 13.1. The standard InChI is InChI=1S/C16H26ClN3O/c1-3-9-19-12-13(17)11-15(19)16(21)20(10-4-2)14-5-7-18-8-6-14/h11-12,14,18H,3-10H2,1-2H3. The molecule has 0 spiro atoms. The van der Waals surface area contributed by atoms with Crippen molar-refractivity contribution < 1.29 is 4.79 Å².